The topological polar surface area (TPSA) is 62.2 Å². The van der Waals surface area contributed by atoms with Crippen molar-refractivity contribution < 1.29 is 0 Å². The molecule has 0 spiro atoms. The Kier molecular flexibility index (Phi) is 5.00. The van der Waals surface area contributed by atoms with E-state index in [4.69, 9.17) is 11.6 Å². The SMILES string of the molecule is Cc1ccc2nc(N/N=C/c3cccnc3Nc3ccc(Cl)cc3)sc2c1. The lowest BCUT2D eigenvalue weighted by molar-refractivity contribution is 1.28. The summed E-state index contributed by atoms with van der Waals surface area (Å²) >= 11 is 7.51. The number of hydrogen-bond donors (Lipinski definition) is 2. The average molecular weight is 394 g/mol. The van der Waals surface area contributed by atoms with Gasteiger partial charge in [0.05, 0.1) is 16.4 Å². The predicted octanol–water partition coefficient (Wildman–Crippen LogP) is 5.84. The van der Waals surface area contributed by atoms with Crippen molar-refractivity contribution in [1.29, 1.82) is 0 Å². The van der Waals surface area contributed by atoms with Gasteiger partial charge in [-0.25, -0.2) is 9.97 Å². The maximum absolute atomic E-state index is 5.93. The summed E-state index contributed by atoms with van der Waals surface area (Å²) in [4.78, 5) is 8.92. The van der Waals surface area contributed by atoms with Crippen molar-refractivity contribution in [1.82, 2.24) is 9.97 Å². The van der Waals surface area contributed by atoms with Gasteiger partial charge < -0.3 is 5.32 Å². The molecule has 4 rings (SSSR count). The van der Waals surface area contributed by atoms with E-state index in [0.717, 1.165) is 26.6 Å². The monoisotopic (exact) mass is 393 g/mol. The number of fused-ring (bicyclic) bond motifs is 1. The Balaban J connectivity index is 1.50. The van der Waals surface area contributed by atoms with E-state index >= 15 is 0 Å². The second kappa shape index (κ2) is 7.73. The van der Waals surface area contributed by atoms with Crippen LogP contribution in [0.2, 0.25) is 5.02 Å². The van der Waals surface area contributed by atoms with E-state index in [-0.39, 0.29) is 0 Å². The molecule has 27 heavy (non-hydrogen) atoms. The molecular formula is C20H16ClN5S. The van der Waals surface area contributed by atoms with Crippen LogP contribution in [0, 0.1) is 6.92 Å². The highest BCUT2D eigenvalue weighted by molar-refractivity contribution is 7.22. The molecule has 0 fully saturated rings. The third kappa shape index (κ3) is 4.24. The first kappa shape index (κ1) is 17.5. The largest absolute Gasteiger partial charge is 0.340 e. The molecule has 0 aliphatic rings. The van der Waals surface area contributed by atoms with Crippen LogP contribution in [0.1, 0.15) is 11.1 Å². The molecule has 0 atom stereocenters. The minimum absolute atomic E-state index is 0.693. The van der Waals surface area contributed by atoms with Gasteiger partial charge in [0, 0.05) is 22.5 Å². The molecule has 0 amide bonds. The zero-order chi connectivity index (χ0) is 18.6. The van der Waals surface area contributed by atoms with E-state index in [1.54, 1.807) is 23.7 Å². The molecule has 4 aromatic rings. The van der Waals surface area contributed by atoms with Crippen molar-refractivity contribution in [2.45, 2.75) is 6.92 Å². The summed E-state index contributed by atoms with van der Waals surface area (Å²) in [5.41, 5.74) is 6.95. The van der Waals surface area contributed by atoms with Crippen LogP contribution in [0.4, 0.5) is 16.6 Å². The van der Waals surface area contributed by atoms with E-state index in [1.165, 1.54) is 5.56 Å². The lowest BCUT2D eigenvalue weighted by Crippen LogP contribution is -1.99. The maximum atomic E-state index is 5.93. The van der Waals surface area contributed by atoms with Gasteiger partial charge >= 0.3 is 0 Å². The van der Waals surface area contributed by atoms with E-state index in [1.807, 2.05) is 42.5 Å². The van der Waals surface area contributed by atoms with Crippen LogP contribution < -0.4 is 10.7 Å². The van der Waals surface area contributed by atoms with Gasteiger partial charge in [-0.3, -0.25) is 5.43 Å². The number of aryl methyl sites for hydroxylation is 1. The fourth-order valence-corrected chi connectivity index (χ4v) is 3.57. The van der Waals surface area contributed by atoms with Crippen LogP contribution in [0.3, 0.4) is 0 Å². The van der Waals surface area contributed by atoms with Crippen molar-refractivity contribution in [3.63, 3.8) is 0 Å². The number of anilines is 3. The minimum atomic E-state index is 0.693. The van der Waals surface area contributed by atoms with Crippen LogP contribution >= 0.6 is 22.9 Å². The molecule has 134 valence electrons. The van der Waals surface area contributed by atoms with Gasteiger partial charge in [0.25, 0.3) is 0 Å². The lowest BCUT2D eigenvalue weighted by Gasteiger charge is -2.08. The molecule has 5 nitrogen and oxygen atoms in total. The molecule has 2 N–H and O–H groups in total. The molecule has 2 aromatic carbocycles. The van der Waals surface area contributed by atoms with Crippen molar-refractivity contribution in [3.8, 4) is 0 Å². The van der Waals surface area contributed by atoms with Gasteiger partial charge in [-0.1, -0.05) is 29.0 Å². The van der Waals surface area contributed by atoms with Gasteiger partial charge in [-0.15, -0.1) is 0 Å². The van der Waals surface area contributed by atoms with Gasteiger partial charge in [-0.2, -0.15) is 5.10 Å². The fourth-order valence-electron chi connectivity index (χ4n) is 2.53. The molecule has 0 saturated carbocycles. The number of hydrogen-bond acceptors (Lipinski definition) is 6. The van der Waals surface area contributed by atoms with Crippen molar-refractivity contribution in [2.24, 2.45) is 5.10 Å². The molecule has 0 aliphatic carbocycles. The third-order valence-electron chi connectivity index (χ3n) is 3.85. The first-order chi connectivity index (χ1) is 13.2. The highest BCUT2D eigenvalue weighted by atomic mass is 35.5. The van der Waals surface area contributed by atoms with Crippen molar-refractivity contribution in [2.75, 3.05) is 10.7 Å². The first-order valence-electron chi connectivity index (χ1n) is 8.31. The van der Waals surface area contributed by atoms with E-state index < -0.39 is 0 Å². The van der Waals surface area contributed by atoms with Crippen LogP contribution in [-0.2, 0) is 0 Å². The number of nitrogens with one attached hydrogen (secondary N) is 2. The number of thiazole rings is 1. The molecule has 0 aliphatic heterocycles. The Morgan fingerprint density at radius 3 is 2.81 bits per heavy atom. The summed E-state index contributed by atoms with van der Waals surface area (Å²) in [5.74, 6) is 0.713. The smallest absolute Gasteiger partial charge is 0.204 e. The van der Waals surface area contributed by atoms with Crippen molar-refractivity contribution in [3.05, 3.63) is 76.9 Å². The molecule has 2 heterocycles. The van der Waals surface area contributed by atoms with Crippen molar-refractivity contribution >= 4 is 56.0 Å². The molecule has 2 aromatic heterocycles. The quantitative estimate of drug-likeness (QED) is 0.330. The second-order valence-electron chi connectivity index (χ2n) is 5.93. The Labute approximate surface area is 165 Å². The summed E-state index contributed by atoms with van der Waals surface area (Å²) in [7, 11) is 0. The normalized spacial score (nSPS) is 11.2. The summed E-state index contributed by atoms with van der Waals surface area (Å²) in [6.07, 6.45) is 3.46. The van der Waals surface area contributed by atoms with E-state index in [2.05, 4.69) is 44.9 Å². The Bertz CT molecular complexity index is 1110. The van der Waals surface area contributed by atoms with Gasteiger partial charge in [0.1, 0.15) is 5.82 Å². The summed E-state index contributed by atoms with van der Waals surface area (Å²) < 4.78 is 1.14. The zero-order valence-corrected chi connectivity index (χ0v) is 16.1. The number of rotatable bonds is 5. The average Bonchev–Trinajstić information content (AvgIpc) is 3.07. The van der Waals surface area contributed by atoms with Crippen LogP contribution in [0.5, 0.6) is 0 Å². The van der Waals surface area contributed by atoms with E-state index in [9.17, 15) is 0 Å². The summed E-state index contributed by atoms with van der Waals surface area (Å²) in [6.45, 7) is 2.07. The summed E-state index contributed by atoms with van der Waals surface area (Å²) in [5, 5.41) is 9.04. The number of nitrogens with zero attached hydrogens (tertiary/aromatic N) is 3. The minimum Gasteiger partial charge on any atom is -0.340 e. The molecule has 0 radical (unpaired) electrons. The Hall–Kier alpha value is -2.96. The van der Waals surface area contributed by atoms with Gasteiger partial charge in [0.2, 0.25) is 5.13 Å². The maximum Gasteiger partial charge on any atom is 0.204 e. The number of pyridine rings is 1. The molecule has 0 bridgehead atoms. The van der Waals surface area contributed by atoms with E-state index in [0.29, 0.717) is 10.8 Å². The standard InChI is InChI=1S/C20H16ClN5S/c1-13-4-9-17-18(11-13)27-20(25-17)26-23-12-14-3-2-10-22-19(14)24-16-7-5-15(21)6-8-16/h2-12H,1H3,(H,22,24)(H,25,26)/b23-12+. The number of aromatic nitrogens is 2. The second-order valence-corrected chi connectivity index (χ2v) is 7.40. The highest BCUT2D eigenvalue weighted by Gasteiger charge is 2.04. The van der Waals surface area contributed by atoms with Crippen LogP contribution in [0.15, 0.2) is 65.9 Å². The number of halogens is 1. The van der Waals surface area contributed by atoms with Gasteiger partial charge in [0.15, 0.2) is 0 Å². The Morgan fingerprint density at radius 1 is 1.11 bits per heavy atom. The lowest BCUT2D eigenvalue weighted by atomic mass is 10.2. The zero-order valence-electron chi connectivity index (χ0n) is 14.5. The van der Waals surface area contributed by atoms with Crippen LogP contribution in [-0.4, -0.2) is 16.2 Å². The van der Waals surface area contributed by atoms with Crippen LogP contribution in [0.25, 0.3) is 10.2 Å². The molecular weight excluding hydrogens is 378 g/mol. The molecule has 7 heteroatoms. The molecule has 0 unspecified atom stereocenters. The Morgan fingerprint density at radius 2 is 1.96 bits per heavy atom. The first-order valence-corrected chi connectivity index (χ1v) is 9.51. The van der Waals surface area contributed by atoms with Gasteiger partial charge in [-0.05, 0) is 61.0 Å². The number of benzene rings is 2. The fraction of sp³-hybridized carbons (Fsp3) is 0.0500. The predicted molar refractivity (Wildman–Crippen MR) is 115 cm³/mol. The highest BCUT2D eigenvalue weighted by Crippen LogP contribution is 2.26. The molecule has 0 saturated heterocycles. The number of hydrazone groups is 1. The third-order valence-corrected chi connectivity index (χ3v) is 5.03. The summed E-state index contributed by atoms with van der Waals surface area (Å²) in [6, 6.07) is 17.5.